The second kappa shape index (κ2) is 6.38. The second-order valence-corrected chi connectivity index (χ2v) is 6.94. The average Bonchev–Trinajstić information content (AvgIpc) is 2.77. The molecule has 0 aliphatic carbocycles. The van der Waals surface area contributed by atoms with Crippen LogP contribution in [0.4, 0.5) is 4.39 Å². The van der Waals surface area contributed by atoms with Gasteiger partial charge in [-0.05, 0) is 42.9 Å². The first kappa shape index (κ1) is 16.7. The zero-order chi connectivity index (χ0) is 17.4. The van der Waals surface area contributed by atoms with E-state index in [0.29, 0.717) is 35.2 Å². The molecule has 128 valence electrons. The standard InChI is InChI=1S/C19H23FN2O2/c1-4-22-18(23)16(14-5-7-15(20)8-6-14)17(19(22)24)21-10-12(2)9-13(3)11-21/h5-8,12-13H,4,9-11H2,1-3H3. The number of benzene rings is 1. The fourth-order valence-corrected chi connectivity index (χ4v) is 3.87. The molecule has 2 unspecified atom stereocenters. The molecule has 2 atom stereocenters. The third kappa shape index (κ3) is 2.83. The van der Waals surface area contributed by atoms with Crippen LogP contribution in [0.3, 0.4) is 0 Å². The molecule has 0 bridgehead atoms. The summed E-state index contributed by atoms with van der Waals surface area (Å²) >= 11 is 0. The van der Waals surface area contributed by atoms with Gasteiger partial charge in [0.25, 0.3) is 11.8 Å². The molecule has 1 aromatic rings. The number of likely N-dealkylation sites (tertiary alicyclic amines) is 1. The summed E-state index contributed by atoms with van der Waals surface area (Å²) in [5.41, 5.74) is 1.49. The molecule has 1 aromatic carbocycles. The third-order valence-corrected chi connectivity index (χ3v) is 4.78. The van der Waals surface area contributed by atoms with Crippen molar-refractivity contribution in [1.82, 2.24) is 9.80 Å². The number of hydrogen-bond donors (Lipinski definition) is 0. The van der Waals surface area contributed by atoms with Crippen molar-refractivity contribution in [3.63, 3.8) is 0 Å². The highest BCUT2D eigenvalue weighted by Gasteiger charge is 2.42. The number of halogens is 1. The van der Waals surface area contributed by atoms with Gasteiger partial charge in [-0.25, -0.2) is 4.39 Å². The Bertz CT molecular complexity index is 686. The molecule has 0 saturated carbocycles. The lowest BCUT2D eigenvalue weighted by Crippen LogP contribution is -2.41. The number of likely N-dealkylation sites (N-methyl/N-ethyl adjacent to an activating group) is 1. The van der Waals surface area contributed by atoms with E-state index in [9.17, 15) is 14.0 Å². The first-order valence-corrected chi connectivity index (χ1v) is 8.53. The van der Waals surface area contributed by atoms with Crippen molar-refractivity contribution in [3.05, 3.63) is 41.3 Å². The van der Waals surface area contributed by atoms with E-state index in [1.165, 1.54) is 17.0 Å². The number of piperidine rings is 1. The Morgan fingerprint density at radius 2 is 1.62 bits per heavy atom. The van der Waals surface area contributed by atoms with E-state index in [2.05, 4.69) is 13.8 Å². The Balaban J connectivity index is 2.09. The predicted octanol–water partition coefficient (Wildman–Crippen LogP) is 2.90. The maximum Gasteiger partial charge on any atom is 0.277 e. The molecule has 5 heteroatoms. The fraction of sp³-hybridized carbons (Fsp3) is 0.474. The van der Waals surface area contributed by atoms with Crippen LogP contribution in [0.2, 0.25) is 0 Å². The second-order valence-electron chi connectivity index (χ2n) is 6.94. The van der Waals surface area contributed by atoms with Crippen LogP contribution in [-0.2, 0) is 9.59 Å². The van der Waals surface area contributed by atoms with E-state index in [4.69, 9.17) is 0 Å². The van der Waals surface area contributed by atoms with E-state index in [0.717, 1.165) is 19.5 Å². The number of nitrogens with zero attached hydrogens (tertiary/aromatic N) is 2. The van der Waals surface area contributed by atoms with Gasteiger partial charge >= 0.3 is 0 Å². The van der Waals surface area contributed by atoms with E-state index < -0.39 is 0 Å². The monoisotopic (exact) mass is 330 g/mol. The lowest BCUT2D eigenvalue weighted by Gasteiger charge is -2.37. The Labute approximate surface area is 141 Å². The van der Waals surface area contributed by atoms with Crippen LogP contribution in [0.5, 0.6) is 0 Å². The molecule has 1 fully saturated rings. The summed E-state index contributed by atoms with van der Waals surface area (Å²) in [6, 6.07) is 5.80. The highest BCUT2D eigenvalue weighted by atomic mass is 19.1. The predicted molar refractivity (Wildman–Crippen MR) is 90.2 cm³/mol. The molecule has 0 N–H and O–H groups in total. The maximum absolute atomic E-state index is 13.3. The van der Waals surface area contributed by atoms with Gasteiger partial charge in [0.05, 0.1) is 5.57 Å². The fourth-order valence-electron chi connectivity index (χ4n) is 3.87. The van der Waals surface area contributed by atoms with Gasteiger partial charge in [0.15, 0.2) is 0 Å². The van der Waals surface area contributed by atoms with Crippen molar-refractivity contribution >= 4 is 17.4 Å². The van der Waals surface area contributed by atoms with Gasteiger partial charge < -0.3 is 4.90 Å². The topological polar surface area (TPSA) is 40.6 Å². The number of hydrogen-bond acceptors (Lipinski definition) is 3. The molecular formula is C19H23FN2O2. The summed E-state index contributed by atoms with van der Waals surface area (Å²) in [6.45, 7) is 7.99. The van der Waals surface area contributed by atoms with Crippen molar-refractivity contribution in [2.75, 3.05) is 19.6 Å². The largest absolute Gasteiger partial charge is 0.366 e. The molecule has 2 amide bonds. The zero-order valence-corrected chi connectivity index (χ0v) is 14.4. The first-order valence-electron chi connectivity index (χ1n) is 8.53. The first-order chi connectivity index (χ1) is 11.4. The number of carbonyl (C=O) groups is 2. The maximum atomic E-state index is 13.3. The molecule has 0 radical (unpaired) electrons. The number of carbonyl (C=O) groups excluding carboxylic acids is 2. The normalized spacial score (nSPS) is 25.0. The smallest absolute Gasteiger partial charge is 0.277 e. The lowest BCUT2D eigenvalue weighted by atomic mass is 9.91. The molecule has 2 heterocycles. The summed E-state index contributed by atoms with van der Waals surface area (Å²) in [7, 11) is 0. The van der Waals surface area contributed by atoms with E-state index in [-0.39, 0.29) is 17.6 Å². The van der Waals surface area contributed by atoms with Crippen LogP contribution in [-0.4, -0.2) is 41.2 Å². The highest BCUT2D eigenvalue weighted by molar-refractivity contribution is 6.35. The quantitative estimate of drug-likeness (QED) is 0.800. The van der Waals surface area contributed by atoms with Crippen LogP contribution < -0.4 is 0 Å². The summed E-state index contributed by atoms with van der Waals surface area (Å²) < 4.78 is 13.3. The minimum Gasteiger partial charge on any atom is -0.366 e. The van der Waals surface area contributed by atoms with E-state index in [1.54, 1.807) is 19.1 Å². The Kier molecular flexibility index (Phi) is 4.43. The van der Waals surface area contributed by atoms with E-state index >= 15 is 0 Å². The zero-order valence-electron chi connectivity index (χ0n) is 14.4. The van der Waals surface area contributed by atoms with Crippen molar-refractivity contribution in [1.29, 1.82) is 0 Å². The van der Waals surface area contributed by atoms with Gasteiger partial charge in [0.1, 0.15) is 11.5 Å². The molecular weight excluding hydrogens is 307 g/mol. The number of rotatable bonds is 3. The van der Waals surface area contributed by atoms with Gasteiger partial charge in [-0.2, -0.15) is 0 Å². The van der Waals surface area contributed by atoms with Crippen molar-refractivity contribution in [3.8, 4) is 0 Å². The highest BCUT2D eigenvalue weighted by Crippen LogP contribution is 2.34. The summed E-state index contributed by atoms with van der Waals surface area (Å²) in [6.07, 6.45) is 1.12. The van der Waals surface area contributed by atoms with Crippen molar-refractivity contribution < 1.29 is 14.0 Å². The van der Waals surface area contributed by atoms with Crippen LogP contribution in [0, 0.1) is 17.7 Å². The minimum absolute atomic E-state index is 0.233. The molecule has 4 nitrogen and oxygen atoms in total. The third-order valence-electron chi connectivity index (χ3n) is 4.78. The summed E-state index contributed by atoms with van der Waals surface area (Å²) in [5, 5.41) is 0. The molecule has 24 heavy (non-hydrogen) atoms. The van der Waals surface area contributed by atoms with Gasteiger partial charge in [0, 0.05) is 19.6 Å². The Hall–Kier alpha value is -2.17. The van der Waals surface area contributed by atoms with Gasteiger partial charge in [-0.3, -0.25) is 14.5 Å². The molecule has 0 aromatic heterocycles. The molecule has 3 rings (SSSR count). The summed E-state index contributed by atoms with van der Waals surface area (Å²) in [5.74, 6) is 0.0620. The van der Waals surface area contributed by atoms with E-state index in [1.807, 2.05) is 4.90 Å². The van der Waals surface area contributed by atoms with Gasteiger partial charge in [-0.1, -0.05) is 26.0 Å². The van der Waals surface area contributed by atoms with Crippen molar-refractivity contribution in [2.45, 2.75) is 27.2 Å². The number of imide groups is 1. The van der Waals surface area contributed by atoms with Gasteiger partial charge in [-0.15, -0.1) is 0 Å². The van der Waals surface area contributed by atoms with Crippen molar-refractivity contribution in [2.24, 2.45) is 11.8 Å². The lowest BCUT2D eigenvalue weighted by molar-refractivity contribution is -0.137. The summed E-state index contributed by atoms with van der Waals surface area (Å²) in [4.78, 5) is 28.9. The number of amides is 2. The van der Waals surface area contributed by atoms with Gasteiger partial charge in [0.2, 0.25) is 0 Å². The molecule has 1 saturated heterocycles. The van der Waals surface area contributed by atoms with Crippen LogP contribution in [0.15, 0.2) is 30.0 Å². The minimum atomic E-state index is -0.356. The van der Waals surface area contributed by atoms with Crippen LogP contribution >= 0.6 is 0 Å². The van der Waals surface area contributed by atoms with Crippen LogP contribution in [0.1, 0.15) is 32.8 Å². The molecule has 2 aliphatic heterocycles. The average molecular weight is 330 g/mol. The molecule has 2 aliphatic rings. The Morgan fingerprint density at radius 1 is 1.04 bits per heavy atom. The van der Waals surface area contributed by atoms with Crippen LogP contribution in [0.25, 0.3) is 5.57 Å². The molecule has 0 spiro atoms. The SMILES string of the molecule is CCN1C(=O)C(c2ccc(F)cc2)=C(N2CC(C)CC(C)C2)C1=O. The Morgan fingerprint density at radius 3 is 2.17 bits per heavy atom.